The van der Waals surface area contributed by atoms with E-state index in [-0.39, 0.29) is 26.2 Å². The average Bonchev–Trinajstić information content (AvgIpc) is 2.64. The van der Waals surface area contributed by atoms with Gasteiger partial charge in [-0.25, -0.2) is 0 Å². The average molecular weight is 603 g/mol. The molecule has 0 unspecified atom stereocenters. The quantitative estimate of drug-likeness (QED) is 0.370. The van der Waals surface area contributed by atoms with Crippen LogP contribution in [-0.2, 0) is 9.59 Å². The molecule has 0 saturated carbocycles. The van der Waals surface area contributed by atoms with Crippen LogP contribution < -0.4 is 10.2 Å². The Kier molecular flexibility index (Phi) is 24.4. The van der Waals surface area contributed by atoms with Crippen LogP contribution in [0.3, 0.4) is 0 Å². The van der Waals surface area contributed by atoms with Crippen molar-refractivity contribution < 1.29 is 19.8 Å². The fourth-order valence-corrected chi connectivity index (χ4v) is 1.60. The van der Waals surface area contributed by atoms with E-state index in [4.69, 9.17) is 19.8 Å². The first-order valence-corrected chi connectivity index (χ1v) is 9.05. The Morgan fingerprint density at radius 2 is 0.633 bits per heavy atom. The van der Waals surface area contributed by atoms with Gasteiger partial charge in [-0.2, -0.15) is 0 Å². The molecule has 3 rings (SSSR count). The van der Waals surface area contributed by atoms with E-state index in [2.05, 4.69) is 57.2 Å². The van der Waals surface area contributed by atoms with E-state index in [0.29, 0.717) is 0 Å². The van der Waals surface area contributed by atoms with Crippen LogP contribution in [0.25, 0.3) is 0 Å². The minimum atomic E-state index is -1.08. The van der Waals surface area contributed by atoms with Crippen molar-refractivity contribution in [3.63, 3.8) is 0 Å². The molecule has 0 heterocycles. The monoisotopic (exact) mass is 603 g/mol. The summed E-state index contributed by atoms with van der Waals surface area (Å²) in [5, 5.41) is 17.8. The van der Waals surface area contributed by atoms with Crippen molar-refractivity contribution in [3.05, 3.63) is 108 Å². The molecule has 3 aromatic carbocycles. The van der Waals surface area contributed by atoms with E-state index in [1.54, 1.807) is 0 Å². The van der Waals surface area contributed by atoms with Gasteiger partial charge in [0.2, 0.25) is 0 Å². The van der Waals surface area contributed by atoms with Gasteiger partial charge < -0.3 is 19.8 Å². The topological polar surface area (TPSA) is 80.3 Å². The van der Waals surface area contributed by atoms with Gasteiger partial charge in [0.05, 0.1) is 0 Å². The second kappa shape index (κ2) is 22.8. The maximum Gasteiger partial charge on any atom is 2.00 e. The third-order valence-electron chi connectivity index (χ3n) is 2.82. The summed E-state index contributed by atoms with van der Waals surface area (Å²) in [5.74, 6) is -2.17. The number of hydrogen-bond acceptors (Lipinski definition) is 4. The molecule has 0 aliphatic carbocycles. The number of carbonyl (C=O) groups is 2. The number of aryl methyl sites for hydroxylation is 3. The predicted octanol–water partition coefficient (Wildman–Crippen LogP) is 3.12. The minimum absolute atomic E-state index is 0. The van der Waals surface area contributed by atoms with Gasteiger partial charge >= 0.3 is 26.2 Å². The van der Waals surface area contributed by atoms with Gasteiger partial charge in [0.1, 0.15) is 0 Å². The molecule has 4 nitrogen and oxygen atoms in total. The number of hydrogen-bond donors (Lipinski definition) is 0. The zero-order valence-corrected chi connectivity index (χ0v) is 21.7. The van der Waals surface area contributed by atoms with Crippen molar-refractivity contribution in [2.45, 2.75) is 34.6 Å². The van der Waals surface area contributed by atoms with Crippen LogP contribution in [0.15, 0.2) is 91.0 Å². The summed E-state index contributed by atoms with van der Waals surface area (Å²) >= 11 is 0. The number of benzene rings is 3. The van der Waals surface area contributed by atoms with Crippen molar-refractivity contribution >= 4 is 38.1 Å². The van der Waals surface area contributed by atoms with Crippen LogP contribution in [0.2, 0.25) is 0 Å². The van der Waals surface area contributed by atoms with Gasteiger partial charge in [0.25, 0.3) is 0 Å². The summed E-state index contributed by atoms with van der Waals surface area (Å²) in [6.45, 7) is 8.19. The molecule has 5 heteroatoms. The van der Waals surface area contributed by atoms with Crippen LogP contribution in [0.1, 0.15) is 30.5 Å². The van der Waals surface area contributed by atoms with E-state index >= 15 is 0 Å². The van der Waals surface area contributed by atoms with Crippen LogP contribution in [0.4, 0.5) is 0 Å². The Balaban J connectivity index is -0.000000309. The molecule has 0 saturated heterocycles. The molecule has 0 aliphatic heterocycles. The SMILES string of the molecule is CC(=O)[O-].CC(=O)[O-].Cc1ccccc1.Cc1ccccc1.Cc1ccccc1.[Bi+2]. The zero-order chi connectivity index (χ0) is 22.5. The van der Waals surface area contributed by atoms with Gasteiger partial charge in [-0.15, -0.1) is 0 Å². The Morgan fingerprint density at radius 3 is 0.700 bits per heavy atom. The molecule has 159 valence electrons. The number of aliphatic carboxylic acids is 2. The summed E-state index contributed by atoms with van der Waals surface area (Å²) in [4.78, 5) is 17.8. The molecule has 0 fully saturated rings. The summed E-state index contributed by atoms with van der Waals surface area (Å²) in [6, 6.07) is 30.8. The van der Waals surface area contributed by atoms with E-state index < -0.39 is 11.9 Å². The number of rotatable bonds is 0. The zero-order valence-electron chi connectivity index (χ0n) is 18.2. The summed E-state index contributed by atoms with van der Waals surface area (Å²) < 4.78 is 0. The van der Waals surface area contributed by atoms with Crippen LogP contribution in [-0.4, -0.2) is 38.1 Å². The van der Waals surface area contributed by atoms with Gasteiger partial charge in [0, 0.05) is 11.9 Å². The molecule has 3 aromatic rings. The first kappa shape index (κ1) is 32.2. The fourth-order valence-electron chi connectivity index (χ4n) is 1.60. The van der Waals surface area contributed by atoms with Crippen molar-refractivity contribution in [3.8, 4) is 0 Å². The van der Waals surface area contributed by atoms with Crippen molar-refractivity contribution in [1.82, 2.24) is 0 Å². The van der Waals surface area contributed by atoms with Crippen LogP contribution in [0, 0.1) is 20.8 Å². The Labute approximate surface area is 199 Å². The van der Waals surface area contributed by atoms with E-state index in [9.17, 15) is 0 Å². The Bertz CT molecular complexity index is 652. The molecule has 0 bridgehead atoms. The summed E-state index contributed by atoms with van der Waals surface area (Å²) in [5.41, 5.74) is 3.97. The summed E-state index contributed by atoms with van der Waals surface area (Å²) in [6.07, 6.45) is 0. The normalized spacial score (nSPS) is 7.77. The number of carbonyl (C=O) groups excluding carboxylic acids is 2. The Morgan fingerprint density at radius 1 is 0.500 bits per heavy atom. The molecule has 0 atom stereocenters. The number of carboxylic acids is 2. The second-order valence-electron chi connectivity index (χ2n) is 5.95. The smallest absolute Gasteiger partial charge is 0.550 e. The Hall–Kier alpha value is -2.52. The fraction of sp³-hybridized carbons (Fsp3) is 0.200. The van der Waals surface area contributed by atoms with E-state index in [1.165, 1.54) is 16.7 Å². The number of carboxylic acid groups (broad SMARTS) is 2. The summed E-state index contributed by atoms with van der Waals surface area (Å²) in [7, 11) is 0. The molecule has 0 aliphatic rings. The molecule has 0 aromatic heterocycles. The first-order chi connectivity index (χ1) is 13.6. The van der Waals surface area contributed by atoms with Crippen molar-refractivity contribution in [2.75, 3.05) is 0 Å². The largest absolute Gasteiger partial charge is 2.00 e. The minimum Gasteiger partial charge on any atom is -0.550 e. The van der Waals surface area contributed by atoms with E-state index in [0.717, 1.165) is 13.8 Å². The third-order valence-corrected chi connectivity index (χ3v) is 2.82. The molecule has 0 N–H and O–H groups in total. The molecule has 0 spiro atoms. The first-order valence-electron chi connectivity index (χ1n) is 9.05. The molecular weight excluding hydrogens is 573 g/mol. The maximum absolute atomic E-state index is 8.89. The van der Waals surface area contributed by atoms with Crippen LogP contribution >= 0.6 is 0 Å². The van der Waals surface area contributed by atoms with Gasteiger partial charge in [-0.3, -0.25) is 0 Å². The molecule has 30 heavy (non-hydrogen) atoms. The maximum atomic E-state index is 8.89. The molecular formula is C25H30BiO4. The second-order valence-corrected chi connectivity index (χ2v) is 5.95. The van der Waals surface area contributed by atoms with Crippen molar-refractivity contribution in [2.24, 2.45) is 0 Å². The third kappa shape index (κ3) is 33.1. The van der Waals surface area contributed by atoms with E-state index in [1.807, 2.05) is 54.6 Å². The van der Waals surface area contributed by atoms with Gasteiger partial charge in [0.15, 0.2) is 0 Å². The molecule has 3 radical (unpaired) electrons. The standard InChI is InChI=1S/3C7H8.2C2H4O2.Bi/c3*1-7-5-3-2-4-6-7;2*1-2(3)4;/h3*2-6H,1H3;2*1H3,(H,3,4);/q;;;;;+2/p-2. The van der Waals surface area contributed by atoms with Gasteiger partial charge in [-0.05, 0) is 34.6 Å². The van der Waals surface area contributed by atoms with Gasteiger partial charge in [-0.1, -0.05) is 108 Å². The molecule has 0 amide bonds. The predicted molar refractivity (Wildman–Crippen MR) is 121 cm³/mol. The van der Waals surface area contributed by atoms with Crippen molar-refractivity contribution in [1.29, 1.82) is 0 Å². The van der Waals surface area contributed by atoms with Crippen LogP contribution in [0.5, 0.6) is 0 Å².